The Kier molecular flexibility index (Phi) is 3.89. The molecule has 0 bridgehead atoms. The number of carbonyl (C=O) groups is 1. The lowest BCUT2D eigenvalue weighted by atomic mass is 9.98. The third kappa shape index (κ3) is 2.91. The Morgan fingerprint density at radius 2 is 2.06 bits per heavy atom. The summed E-state index contributed by atoms with van der Waals surface area (Å²) in [4.78, 5) is 11.2. The second-order valence-corrected chi connectivity index (χ2v) is 4.46. The molecule has 1 aliphatic heterocycles. The van der Waals surface area contributed by atoms with Crippen molar-refractivity contribution in [1.82, 2.24) is 0 Å². The summed E-state index contributed by atoms with van der Waals surface area (Å²) in [5.41, 5.74) is 1.05. The van der Waals surface area contributed by atoms with Crippen LogP contribution in [0.1, 0.15) is 18.9 Å². The van der Waals surface area contributed by atoms with Gasteiger partial charge in [-0.1, -0.05) is 13.0 Å². The van der Waals surface area contributed by atoms with E-state index in [1.54, 1.807) is 0 Å². The van der Waals surface area contributed by atoms with Crippen LogP contribution in [0.5, 0.6) is 11.5 Å². The summed E-state index contributed by atoms with van der Waals surface area (Å²) in [5.74, 6) is 1.40. The normalized spacial score (nSPS) is 15.4. The minimum absolute atomic E-state index is 0.126. The topological polar surface area (TPSA) is 35.5 Å². The van der Waals surface area contributed by atoms with Crippen LogP contribution in [0.15, 0.2) is 18.2 Å². The zero-order chi connectivity index (χ0) is 12.3. The number of ether oxygens (including phenoxy) is 2. The van der Waals surface area contributed by atoms with Crippen LogP contribution in [0.2, 0.25) is 0 Å². The van der Waals surface area contributed by atoms with Gasteiger partial charge in [0, 0.05) is 5.92 Å². The molecule has 1 aromatic carbocycles. The second kappa shape index (κ2) is 5.41. The molecular formula is C13H15ClO3. The number of hydrogen-bond acceptors (Lipinski definition) is 3. The summed E-state index contributed by atoms with van der Waals surface area (Å²) in [6, 6.07) is 5.77. The first-order chi connectivity index (χ1) is 8.20. The average Bonchev–Trinajstić information content (AvgIpc) is 2.35. The summed E-state index contributed by atoms with van der Waals surface area (Å²) in [6.45, 7) is 3.12. The molecule has 1 unspecified atom stereocenters. The van der Waals surface area contributed by atoms with Crippen molar-refractivity contribution in [2.45, 2.75) is 19.8 Å². The molecule has 17 heavy (non-hydrogen) atoms. The Balaban J connectivity index is 2.14. The molecule has 1 aliphatic rings. The highest BCUT2D eigenvalue weighted by Gasteiger charge is 2.17. The molecule has 92 valence electrons. The molecule has 0 radical (unpaired) electrons. The maximum atomic E-state index is 11.2. The molecule has 0 amide bonds. The molecular weight excluding hydrogens is 240 g/mol. The maximum absolute atomic E-state index is 11.2. The monoisotopic (exact) mass is 254 g/mol. The van der Waals surface area contributed by atoms with E-state index < -0.39 is 0 Å². The van der Waals surface area contributed by atoms with Crippen LogP contribution < -0.4 is 9.47 Å². The number of rotatable bonds is 4. The minimum Gasteiger partial charge on any atom is -0.486 e. The largest absolute Gasteiger partial charge is 0.486 e. The molecule has 4 heteroatoms. The SMILES string of the molecule is CCC(Cc1ccc2c(c1)OCCO2)C(=O)Cl. The molecule has 0 fully saturated rings. The van der Waals surface area contributed by atoms with Gasteiger partial charge in [-0.2, -0.15) is 0 Å². The lowest BCUT2D eigenvalue weighted by molar-refractivity contribution is -0.115. The highest BCUT2D eigenvalue weighted by molar-refractivity contribution is 6.64. The van der Waals surface area contributed by atoms with Gasteiger partial charge in [0.2, 0.25) is 5.24 Å². The Hall–Kier alpha value is -1.22. The highest BCUT2D eigenvalue weighted by atomic mass is 35.5. The van der Waals surface area contributed by atoms with Gasteiger partial charge >= 0.3 is 0 Å². The summed E-state index contributed by atoms with van der Waals surface area (Å²) in [7, 11) is 0. The van der Waals surface area contributed by atoms with Gasteiger partial charge in [-0.15, -0.1) is 0 Å². The number of benzene rings is 1. The van der Waals surface area contributed by atoms with Gasteiger partial charge in [0.25, 0.3) is 0 Å². The lowest BCUT2D eigenvalue weighted by Crippen LogP contribution is -2.16. The maximum Gasteiger partial charge on any atom is 0.225 e. The summed E-state index contributed by atoms with van der Waals surface area (Å²) < 4.78 is 10.9. The van der Waals surface area contributed by atoms with Crippen LogP contribution in [0.4, 0.5) is 0 Å². The van der Waals surface area contributed by atoms with Crippen LogP contribution in [0, 0.1) is 5.92 Å². The van der Waals surface area contributed by atoms with E-state index in [0.717, 1.165) is 23.5 Å². The first-order valence-corrected chi connectivity index (χ1v) is 6.16. The van der Waals surface area contributed by atoms with E-state index in [1.807, 2.05) is 25.1 Å². The van der Waals surface area contributed by atoms with Crippen LogP contribution in [-0.4, -0.2) is 18.5 Å². The zero-order valence-electron chi connectivity index (χ0n) is 9.74. The van der Waals surface area contributed by atoms with Gasteiger partial charge < -0.3 is 9.47 Å². The van der Waals surface area contributed by atoms with Crippen LogP contribution in [-0.2, 0) is 11.2 Å². The first kappa shape index (κ1) is 12.2. The molecule has 0 saturated heterocycles. The van der Waals surface area contributed by atoms with Crippen molar-refractivity contribution in [3.8, 4) is 11.5 Å². The molecule has 0 aromatic heterocycles. The predicted octanol–water partition coefficient (Wildman–Crippen LogP) is 2.79. The summed E-state index contributed by atoms with van der Waals surface area (Å²) >= 11 is 5.54. The number of carbonyl (C=O) groups excluding carboxylic acids is 1. The van der Waals surface area contributed by atoms with Crippen molar-refractivity contribution in [2.24, 2.45) is 5.92 Å². The molecule has 3 nitrogen and oxygen atoms in total. The number of fused-ring (bicyclic) bond motifs is 1. The van der Waals surface area contributed by atoms with E-state index in [1.165, 1.54) is 0 Å². The third-order valence-corrected chi connectivity index (χ3v) is 3.21. The van der Waals surface area contributed by atoms with Crippen molar-refractivity contribution in [1.29, 1.82) is 0 Å². The summed E-state index contributed by atoms with van der Waals surface area (Å²) in [6.07, 6.45) is 1.40. The van der Waals surface area contributed by atoms with Crippen molar-refractivity contribution in [3.63, 3.8) is 0 Å². The zero-order valence-corrected chi connectivity index (χ0v) is 10.5. The fraction of sp³-hybridized carbons (Fsp3) is 0.462. The fourth-order valence-corrected chi connectivity index (χ4v) is 2.12. The Bertz CT molecular complexity index is 417. The number of halogens is 1. The van der Waals surface area contributed by atoms with Crippen molar-refractivity contribution in [3.05, 3.63) is 23.8 Å². The standard InChI is InChI=1S/C13H15ClO3/c1-2-10(13(14)15)7-9-3-4-11-12(8-9)17-6-5-16-11/h3-4,8,10H,2,5-7H2,1H3. The molecule has 2 rings (SSSR count). The lowest BCUT2D eigenvalue weighted by Gasteiger charge is -2.19. The van der Waals surface area contributed by atoms with E-state index in [0.29, 0.717) is 19.6 Å². The number of hydrogen-bond donors (Lipinski definition) is 0. The second-order valence-electron chi connectivity index (χ2n) is 4.09. The molecule has 0 spiro atoms. The third-order valence-electron chi connectivity index (χ3n) is 2.90. The van der Waals surface area contributed by atoms with Gasteiger partial charge in [0.05, 0.1) is 0 Å². The summed E-state index contributed by atoms with van der Waals surface area (Å²) in [5, 5.41) is -0.276. The fourth-order valence-electron chi connectivity index (χ4n) is 1.88. The van der Waals surface area contributed by atoms with Crippen molar-refractivity contribution < 1.29 is 14.3 Å². The van der Waals surface area contributed by atoms with Gasteiger partial charge in [-0.05, 0) is 42.1 Å². The minimum atomic E-state index is -0.276. The Labute approximate surface area is 106 Å². The highest BCUT2D eigenvalue weighted by Crippen LogP contribution is 2.31. The van der Waals surface area contributed by atoms with E-state index in [4.69, 9.17) is 21.1 Å². The molecule has 1 atom stereocenters. The quantitative estimate of drug-likeness (QED) is 0.775. The van der Waals surface area contributed by atoms with Crippen molar-refractivity contribution >= 4 is 16.8 Å². The smallest absolute Gasteiger partial charge is 0.225 e. The van der Waals surface area contributed by atoms with Crippen LogP contribution in [0.3, 0.4) is 0 Å². The van der Waals surface area contributed by atoms with Crippen LogP contribution in [0.25, 0.3) is 0 Å². The van der Waals surface area contributed by atoms with E-state index in [-0.39, 0.29) is 11.2 Å². The van der Waals surface area contributed by atoms with Gasteiger partial charge in [-0.25, -0.2) is 0 Å². The molecule has 1 heterocycles. The van der Waals surface area contributed by atoms with Gasteiger partial charge in [-0.3, -0.25) is 4.79 Å². The van der Waals surface area contributed by atoms with Gasteiger partial charge in [0.15, 0.2) is 11.5 Å². The van der Waals surface area contributed by atoms with E-state index >= 15 is 0 Å². The van der Waals surface area contributed by atoms with E-state index in [9.17, 15) is 4.79 Å². The molecule has 0 saturated carbocycles. The molecule has 0 N–H and O–H groups in total. The Morgan fingerprint density at radius 3 is 2.71 bits per heavy atom. The Morgan fingerprint density at radius 1 is 1.35 bits per heavy atom. The molecule has 1 aromatic rings. The predicted molar refractivity (Wildman–Crippen MR) is 65.8 cm³/mol. The molecule has 0 aliphatic carbocycles. The van der Waals surface area contributed by atoms with E-state index in [2.05, 4.69) is 0 Å². The average molecular weight is 255 g/mol. The van der Waals surface area contributed by atoms with Crippen molar-refractivity contribution in [2.75, 3.05) is 13.2 Å². The van der Waals surface area contributed by atoms with Crippen LogP contribution >= 0.6 is 11.6 Å². The van der Waals surface area contributed by atoms with Gasteiger partial charge in [0.1, 0.15) is 13.2 Å². The first-order valence-electron chi connectivity index (χ1n) is 5.78.